The highest BCUT2D eigenvalue weighted by atomic mass is 16.4. The van der Waals surface area contributed by atoms with Crippen molar-refractivity contribution in [2.24, 2.45) is 5.92 Å². The van der Waals surface area contributed by atoms with Crippen LogP contribution in [-0.4, -0.2) is 53.6 Å². The fourth-order valence-electron chi connectivity index (χ4n) is 2.54. The zero-order valence-corrected chi connectivity index (χ0v) is 12.7. The van der Waals surface area contributed by atoms with E-state index in [1.165, 1.54) is 0 Å². The second-order valence-electron chi connectivity index (χ2n) is 5.44. The van der Waals surface area contributed by atoms with E-state index < -0.39 is 12.0 Å². The molecule has 0 aromatic carbocycles. The molecule has 1 fully saturated rings. The van der Waals surface area contributed by atoms with E-state index in [1.54, 1.807) is 13.8 Å². The number of carbonyl (C=O) groups is 3. The summed E-state index contributed by atoms with van der Waals surface area (Å²) in [6, 6.07) is -0.821. The van der Waals surface area contributed by atoms with Crippen molar-refractivity contribution in [3.8, 4) is 0 Å². The molecule has 120 valence electrons. The average Bonchev–Trinajstić information content (AvgIpc) is 2.45. The van der Waals surface area contributed by atoms with Crippen molar-refractivity contribution in [3.05, 3.63) is 0 Å². The Morgan fingerprint density at radius 2 is 1.90 bits per heavy atom. The van der Waals surface area contributed by atoms with E-state index in [2.05, 4.69) is 10.6 Å². The van der Waals surface area contributed by atoms with Crippen molar-refractivity contribution >= 4 is 17.9 Å². The molecule has 7 nitrogen and oxygen atoms in total. The Kier molecular flexibility index (Phi) is 7.14. The number of amides is 3. The van der Waals surface area contributed by atoms with Gasteiger partial charge in [0, 0.05) is 13.0 Å². The van der Waals surface area contributed by atoms with E-state index in [0.717, 1.165) is 25.9 Å². The van der Waals surface area contributed by atoms with Gasteiger partial charge < -0.3 is 10.4 Å². The average molecular weight is 299 g/mol. The normalized spacial score (nSPS) is 18.0. The van der Waals surface area contributed by atoms with Gasteiger partial charge in [-0.25, -0.2) is 4.79 Å². The van der Waals surface area contributed by atoms with Gasteiger partial charge in [0.05, 0.1) is 6.04 Å². The molecule has 0 radical (unpaired) electrons. The Morgan fingerprint density at radius 3 is 2.43 bits per heavy atom. The molecule has 0 aliphatic carbocycles. The number of aliphatic carboxylic acids is 1. The number of urea groups is 1. The van der Waals surface area contributed by atoms with Crippen molar-refractivity contribution in [3.63, 3.8) is 0 Å². The van der Waals surface area contributed by atoms with Crippen LogP contribution in [0.3, 0.4) is 0 Å². The maximum atomic E-state index is 11.9. The molecule has 1 heterocycles. The number of carboxylic acids is 1. The highest BCUT2D eigenvalue weighted by molar-refractivity contribution is 5.96. The molecule has 0 bridgehead atoms. The second-order valence-corrected chi connectivity index (χ2v) is 5.44. The van der Waals surface area contributed by atoms with Crippen LogP contribution in [0.4, 0.5) is 4.79 Å². The minimum Gasteiger partial charge on any atom is -0.481 e. The number of rotatable bonds is 6. The monoisotopic (exact) mass is 299 g/mol. The number of likely N-dealkylation sites (tertiary alicyclic amines) is 1. The van der Waals surface area contributed by atoms with Crippen molar-refractivity contribution < 1.29 is 19.5 Å². The fraction of sp³-hybridized carbons (Fsp3) is 0.786. The van der Waals surface area contributed by atoms with E-state index in [4.69, 9.17) is 5.11 Å². The molecule has 1 aliphatic heterocycles. The predicted octanol–water partition coefficient (Wildman–Crippen LogP) is 0.797. The minimum absolute atomic E-state index is 0.206. The topological polar surface area (TPSA) is 98.7 Å². The molecular weight excluding hydrogens is 274 g/mol. The summed E-state index contributed by atoms with van der Waals surface area (Å²) in [6.07, 6.45) is 2.69. The zero-order valence-electron chi connectivity index (χ0n) is 12.7. The molecule has 1 atom stereocenters. The van der Waals surface area contributed by atoms with Crippen molar-refractivity contribution in [1.82, 2.24) is 15.5 Å². The molecular formula is C14H25N3O4. The summed E-state index contributed by atoms with van der Waals surface area (Å²) >= 11 is 0. The Balaban J connectivity index is 2.33. The summed E-state index contributed by atoms with van der Waals surface area (Å²) in [5.41, 5.74) is 0. The number of hydrogen-bond acceptors (Lipinski definition) is 4. The molecule has 1 unspecified atom stereocenters. The van der Waals surface area contributed by atoms with Crippen molar-refractivity contribution in [1.29, 1.82) is 0 Å². The van der Waals surface area contributed by atoms with Gasteiger partial charge in [0.15, 0.2) is 0 Å². The summed E-state index contributed by atoms with van der Waals surface area (Å²) in [5, 5.41) is 13.5. The highest BCUT2D eigenvalue weighted by Gasteiger charge is 2.27. The summed E-state index contributed by atoms with van der Waals surface area (Å²) in [7, 11) is 0. The van der Waals surface area contributed by atoms with Gasteiger partial charge in [0.1, 0.15) is 0 Å². The van der Waals surface area contributed by atoms with Gasteiger partial charge in [0.2, 0.25) is 5.91 Å². The Morgan fingerprint density at radius 1 is 1.29 bits per heavy atom. The number of carbonyl (C=O) groups excluding carboxylic acids is 2. The summed E-state index contributed by atoms with van der Waals surface area (Å²) in [4.78, 5) is 35.8. The van der Waals surface area contributed by atoms with E-state index in [9.17, 15) is 14.4 Å². The lowest BCUT2D eigenvalue weighted by Gasteiger charge is -2.35. The first-order chi connectivity index (χ1) is 9.93. The molecule has 7 heteroatoms. The van der Waals surface area contributed by atoms with E-state index in [-0.39, 0.29) is 18.4 Å². The van der Waals surface area contributed by atoms with Crippen molar-refractivity contribution in [2.75, 3.05) is 19.6 Å². The largest absolute Gasteiger partial charge is 0.481 e. The third-order valence-electron chi connectivity index (χ3n) is 3.92. The predicted molar refractivity (Wildman–Crippen MR) is 77.8 cm³/mol. The molecule has 0 aromatic heterocycles. The number of imide groups is 1. The van der Waals surface area contributed by atoms with Crippen LogP contribution in [-0.2, 0) is 9.59 Å². The quantitative estimate of drug-likeness (QED) is 0.674. The van der Waals surface area contributed by atoms with Crippen LogP contribution in [0.2, 0.25) is 0 Å². The molecule has 1 saturated heterocycles. The SMILES string of the molecule is CCNC(=O)NC(=O)C(C)N1CCC(CCC(=O)O)CC1. The maximum Gasteiger partial charge on any atom is 0.321 e. The van der Waals surface area contributed by atoms with Crippen LogP contribution in [0.15, 0.2) is 0 Å². The summed E-state index contributed by atoms with van der Waals surface area (Å²) in [6.45, 7) is 5.56. The number of piperidine rings is 1. The van der Waals surface area contributed by atoms with E-state index in [0.29, 0.717) is 18.9 Å². The molecule has 1 rings (SSSR count). The third kappa shape index (κ3) is 6.12. The Labute approximate surface area is 125 Å². The third-order valence-corrected chi connectivity index (χ3v) is 3.92. The lowest BCUT2D eigenvalue weighted by molar-refractivity contribution is -0.137. The summed E-state index contributed by atoms with van der Waals surface area (Å²) in [5.74, 6) is -0.645. The lowest BCUT2D eigenvalue weighted by atomic mass is 9.91. The first kappa shape index (κ1) is 17.4. The highest BCUT2D eigenvalue weighted by Crippen LogP contribution is 2.23. The fourth-order valence-corrected chi connectivity index (χ4v) is 2.54. The van der Waals surface area contributed by atoms with Crippen LogP contribution in [0.25, 0.3) is 0 Å². The van der Waals surface area contributed by atoms with Gasteiger partial charge in [0.25, 0.3) is 0 Å². The first-order valence-corrected chi connectivity index (χ1v) is 7.48. The van der Waals surface area contributed by atoms with Crippen LogP contribution in [0.5, 0.6) is 0 Å². The molecule has 0 saturated carbocycles. The smallest absolute Gasteiger partial charge is 0.321 e. The number of nitrogens with zero attached hydrogens (tertiary/aromatic N) is 1. The standard InChI is InChI=1S/C14H25N3O4/c1-3-15-14(21)16-13(20)10(2)17-8-6-11(7-9-17)4-5-12(18)19/h10-11H,3-9H2,1-2H3,(H,18,19)(H2,15,16,20,21). The van der Waals surface area contributed by atoms with Crippen LogP contribution in [0.1, 0.15) is 39.5 Å². The molecule has 21 heavy (non-hydrogen) atoms. The molecule has 0 aromatic rings. The van der Waals surface area contributed by atoms with Gasteiger partial charge >= 0.3 is 12.0 Å². The van der Waals surface area contributed by atoms with Gasteiger partial charge in [-0.15, -0.1) is 0 Å². The number of carboxylic acid groups (broad SMARTS) is 1. The number of hydrogen-bond donors (Lipinski definition) is 3. The molecule has 3 N–H and O–H groups in total. The van der Waals surface area contributed by atoms with Gasteiger partial charge in [-0.1, -0.05) is 0 Å². The lowest BCUT2D eigenvalue weighted by Crippen LogP contribution is -2.51. The first-order valence-electron chi connectivity index (χ1n) is 7.48. The van der Waals surface area contributed by atoms with Gasteiger partial charge in [-0.3, -0.25) is 19.8 Å². The van der Waals surface area contributed by atoms with Gasteiger partial charge in [-0.05, 0) is 52.1 Å². The minimum atomic E-state index is -0.757. The molecule has 1 aliphatic rings. The zero-order chi connectivity index (χ0) is 15.8. The molecule has 0 spiro atoms. The van der Waals surface area contributed by atoms with Crippen LogP contribution >= 0.6 is 0 Å². The number of nitrogens with one attached hydrogen (secondary N) is 2. The van der Waals surface area contributed by atoms with Crippen LogP contribution < -0.4 is 10.6 Å². The summed E-state index contributed by atoms with van der Waals surface area (Å²) < 4.78 is 0. The van der Waals surface area contributed by atoms with E-state index in [1.807, 2.05) is 4.90 Å². The Bertz CT molecular complexity index is 378. The van der Waals surface area contributed by atoms with Crippen LogP contribution in [0, 0.1) is 5.92 Å². The Hall–Kier alpha value is -1.63. The van der Waals surface area contributed by atoms with Crippen molar-refractivity contribution in [2.45, 2.75) is 45.6 Å². The second kappa shape index (κ2) is 8.61. The molecule has 3 amide bonds. The maximum absolute atomic E-state index is 11.9. The van der Waals surface area contributed by atoms with E-state index >= 15 is 0 Å². The van der Waals surface area contributed by atoms with Gasteiger partial charge in [-0.2, -0.15) is 0 Å².